The van der Waals surface area contributed by atoms with Crippen molar-refractivity contribution in [2.75, 3.05) is 13.1 Å². The van der Waals surface area contributed by atoms with E-state index in [1.807, 2.05) is 4.72 Å². The minimum atomic E-state index is -3.88. The van der Waals surface area contributed by atoms with Crippen LogP contribution < -0.4 is 14.8 Å². The van der Waals surface area contributed by atoms with Gasteiger partial charge in [-0.2, -0.15) is 13.1 Å². The lowest BCUT2D eigenvalue weighted by Gasteiger charge is -2.28. The van der Waals surface area contributed by atoms with Crippen LogP contribution in [0.5, 0.6) is 0 Å². The maximum absolute atomic E-state index is 11.7. The second-order valence-electron chi connectivity index (χ2n) is 5.07. The molecule has 1 heterocycles. The van der Waals surface area contributed by atoms with Crippen LogP contribution >= 0.6 is 0 Å². The Morgan fingerprint density at radius 3 is 2.58 bits per heavy atom. The van der Waals surface area contributed by atoms with E-state index in [0.717, 1.165) is 25.9 Å². The van der Waals surface area contributed by atoms with Crippen LogP contribution in [0.15, 0.2) is 0 Å². The van der Waals surface area contributed by atoms with Gasteiger partial charge in [-0.25, -0.2) is 9.52 Å². The van der Waals surface area contributed by atoms with Gasteiger partial charge in [-0.15, -0.1) is 0 Å². The molecule has 0 radical (unpaired) electrons. The van der Waals surface area contributed by atoms with E-state index >= 15 is 0 Å². The number of nitrogens with one attached hydrogen (secondary N) is 3. The summed E-state index contributed by atoms with van der Waals surface area (Å²) in [6.45, 7) is 6.84. The summed E-state index contributed by atoms with van der Waals surface area (Å²) in [5.41, 5.74) is 0. The summed E-state index contributed by atoms with van der Waals surface area (Å²) in [6, 6.07) is -0.239. The van der Waals surface area contributed by atoms with Crippen LogP contribution in [0.25, 0.3) is 0 Å². The molecule has 2 unspecified atom stereocenters. The molecular weight excluding hydrogens is 270 g/mol. The third kappa shape index (κ3) is 6.22. The van der Waals surface area contributed by atoms with E-state index < -0.39 is 16.3 Å². The van der Waals surface area contributed by atoms with Crippen molar-refractivity contribution in [1.29, 1.82) is 0 Å². The minimum Gasteiger partial charge on any atom is -0.446 e. The fraction of sp³-hybridized carbons (Fsp3) is 0.909. The zero-order valence-corrected chi connectivity index (χ0v) is 12.4. The van der Waals surface area contributed by atoms with Crippen molar-refractivity contribution in [3.05, 3.63) is 0 Å². The van der Waals surface area contributed by atoms with Crippen LogP contribution in [0, 0.1) is 5.92 Å². The summed E-state index contributed by atoms with van der Waals surface area (Å²) in [5.74, 6) is 0.228. The Balaban J connectivity index is 2.46. The molecule has 0 aliphatic carbocycles. The molecule has 0 aromatic carbocycles. The first-order valence-corrected chi connectivity index (χ1v) is 8.00. The third-order valence-corrected chi connectivity index (χ3v) is 4.06. The molecule has 1 amide bonds. The Hall–Kier alpha value is -0.860. The topological polar surface area (TPSA) is 96.5 Å². The van der Waals surface area contributed by atoms with Gasteiger partial charge in [0, 0.05) is 6.04 Å². The van der Waals surface area contributed by atoms with Crippen LogP contribution in [0.4, 0.5) is 4.79 Å². The number of carbonyl (C=O) groups is 1. The molecule has 8 heteroatoms. The summed E-state index contributed by atoms with van der Waals surface area (Å²) in [7, 11) is -3.88. The molecule has 3 N–H and O–H groups in total. The van der Waals surface area contributed by atoms with E-state index in [4.69, 9.17) is 4.74 Å². The highest BCUT2D eigenvalue weighted by atomic mass is 32.2. The van der Waals surface area contributed by atoms with Gasteiger partial charge in [0.2, 0.25) is 0 Å². The van der Waals surface area contributed by atoms with E-state index in [1.165, 1.54) is 0 Å². The molecule has 0 spiro atoms. The van der Waals surface area contributed by atoms with Gasteiger partial charge in [0.25, 0.3) is 0 Å². The van der Waals surface area contributed by atoms with Gasteiger partial charge < -0.3 is 10.1 Å². The fourth-order valence-corrected chi connectivity index (χ4v) is 3.03. The molecule has 19 heavy (non-hydrogen) atoms. The first-order valence-electron chi connectivity index (χ1n) is 6.51. The van der Waals surface area contributed by atoms with E-state index in [1.54, 1.807) is 20.8 Å². The molecule has 0 saturated carbocycles. The lowest BCUT2D eigenvalue weighted by Crippen LogP contribution is -2.49. The molecule has 0 bridgehead atoms. The van der Waals surface area contributed by atoms with Gasteiger partial charge in [-0.05, 0) is 52.6 Å². The predicted octanol–water partition coefficient (Wildman–Crippen LogP) is 0.344. The SMILES string of the molecule is CC(C)OC(=O)NS(=O)(=O)NC(C)C1CCCNC1. The van der Waals surface area contributed by atoms with Crippen molar-refractivity contribution in [2.24, 2.45) is 5.92 Å². The predicted molar refractivity (Wildman–Crippen MR) is 71.9 cm³/mol. The minimum absolute atomic E-state index is 0.228. The average molecular weight is 293 g/mol. The van der Waals surface area contributed by atoms with Gasteiger partial charge in [0.1, 0.15) is 0 Å². The third-order valence-electron chi connectivity index (χ3n) is 2.94. The lowest BCUT2D eigenvalue weighted by atomic mass is 9.94. The van der Waals surface area contributed by atoms with Gasteiger partial charge in [0.15, 0.2) is 0 Å². The number of piperidine rings is 1. The molecule has 1 rings (SSSR count). The van der Waals surface area contributed by atoms with Crippen molar-refractivity contribution >= 4 is 16.3 Å². The van der Waals surface area contributed by atoms with E-state index in [-0.39, 0.29) is 18.1 Å². The largest absolute Gasteiger partial charge is 0.446 e. The fourth-order valence-electron chi connectivity index (χ4n) is 2.02. The molecule has 1 aliphatic rings. The second kappa shape index (κ2) is 7.06. The highest BCUT2D eigenvalue weighted by Crippen LogP contribution is 2.14. The Labute approximate surface area is 114 Å². The van der Waals surface area contributed by atoms with Crippen LogP contribution in [0.3, 0.4) is 0 Å². The van der Waals surface area contributed by atoms with Crippen molar-refractivity contribution in [3.8, 4) is 0 Å². The molecule has 0 aromatic heterocycles. The number of amides is 1. The van der Waals surface area contributed by atoms with Crippen molar-refractivity contribution in [3.63, 3.8) is 0 Å². The lowest BCUT2D eigenvalue weighted by molar-refractivity contribution is 0.121. The van der Waals surface area contributed by atoms with Gasteiger partial charge in [-0.3, -0.25) is 0 Å². The molecule has 7 nitrogen and oxygen atoms in total. The van der Waals surface area contributed by atoms with Crippen LogP contribution in [-0.4, -0.2) is 39.7 Å². The van der Waals surface area contributed by atoms with Crippen molar-refractivity contribution < 1.29 is 17.9 Å². The summed E-state index contributed by atoms with van der Waals surface area (Å²) < 4.78 is 32.5. The van der Waals surface area contributed by atoms with Crippen LogP contribution in [-0.2, 0) is 14.9 Å². The number of ether oxygens (including phenoxy) is 1. The maximum Gasteiger partial charge on any atom is 0.422 e. The second-order valence-corrected chi connectivity index (χ2v) is 6.52. The van der Waals surface area contributed by atoms with Crippen LogP contribution in [0.1, 0.15) is 33.6 Å². The molecule has 1 saturated heterocycles. The summed E-state index contributed by atoms with van der Waals surface area (Å²) in [4.78, 5) is 11.3. The zero-order chi connectivity index (χ0) is 14.5. The quantitative estimate of drug-likeness (QED) is 0.679. The smallest absolute Gasteiger partial charge is 0.422 e. The molecule has 0 aromatic rings. The normalized spacial score (nSPS) is 22.0. The first kappa shape index (κ1) is 16.2. The number of hydrogen-bond donors (Lipinski definition) is 3. The molecule has 1 fully saturated rings. The maximum atomic E-state index is 11.7. The average Bonchev–Trinajstić information content (AvgIpc) is 2.27. The highest BCUT2D eigenvalue weighted by molar-refractivity contribution is 7.88. The summed E-state index contributed by atoms with van der Waals surface area (Å²) in [5, 5.41) is 3.22. The van der Waals surface area contributed by atoms with Crippen LogP contribution in [0.2, 0.25) is 0 Å². The van der Waals surface area contributed by atoms with Gasteiger partial charge >= 0.3 is 16.3 Å². The monoisotopic (exact) mass is 293 g/mol. The molecule has 2 atom stereocenters. The molecular formula is C11H23N3O4S. The van der Waals surface area contributed by atoms with Gasteiger partial charge in [0.05, 0.1) is 6.10 Å². The molecule has 112 valence electrons. The molecule has 1 aliphatic heterocycles. The zero-order valence-electron chi connectivity index (χ0n) is 11.6. The van der Waals surface area contributed by atoms with E-state index in [2.05, 4.69) is 10.0 Å². The van der Waals surface area contributed by atoms with Gasteiger partial charge in [-0.1, -0.05) is 0 Å². The van der Waals surface area contributed by atoms with Crippen molar-refractivity contribution in [1.82, 2.24) is 14.8 Å². The Morgan fingerprint density at radius 1 is 1.37 bits per heavy atom. The Bertz CT molecular complexity index is 391. The summed E-state index contributed by atoms with van der Waals surface area (Å²) in [6.07, 6.45) is 0.666. The first-order chi connectivity index (χ1) is 8.80. The number of rotatable bonds is 5. The number of carbonyl (C=O) groups excluding carboxylic acids is 1. The highest BCUT2D eigenvalue weighted by Gasteiger charge is 2.25. The summed E-state index contributed by atoms with van der Waals surface area (Å²) >= 11 is 0. The van der Waals surface area contributed by atoms with Crippen molar-refractivity contribution in [2.45, 2.75) is 45.8 Å². The number of hydrogen-bond acceptors (Lipinski definition) is 5. The standard InChI is InChI=1S/C11H23N3O4S/c1-8(2)18-11(15)14-19(16,17)13-9(3)10-5-4-6-12-7-10/h8-10,12-13H,4-7H2,1-3H3,(H,14,15). The Morgan fingerprint density at radius 2 is 2.05 bits per heavy atom. The van der Waals surface area contributed by atoms with E-state index in [9.17, 15) is 13.2 Å². The Kier molecular flexibility index (Phi) is 6.02. The van der Waals surface area contributed by atoms with E-state index in [0.29, 0.717) is 0 Å².